The summed E-state index contributed by atoms with van der Waals surface area (Å²) in [5.41, 5.74) is 0. The predicted octanol–water partition coefficient (Wildman–Crippen LogP) is 6.53. The van der Waals surface area contributed by atoms with Crippen LogP contribution < -0.4 is 20.7 Å². The Balaban J connectivity index is 1.90. The Morgan fingerprint density at radius 1 is 0.447 bits per heavy atom. The summed E-state index contributed by atoms with van der Waals surface area (Å²) in [4.78, 5) is 0. The van der Waals surface area contributed by atoms with Gasteiger partial charge in [0.15, 0.2) is 0 Å². The first-order valence-corrected chi connectivity index (χ1v) is 18.2. The maximum Gasteiger partial charge on any atom is 0.301 e. The molecule has 0 atom stereocenters. The molecule has 4 aromatic rings. The molecule has 0 aromatic heterocycles. The molecule has 4 aromatic carbocycles. The standard InChI is InChI=1S/C32H39O3PSi2/c1-31(2,3)37(27-19-11-7-12-20-27,28-21-13-8-14-22-28)34-36(33)35-38(32(4,5)6,29-23-15-9-16-24-29)30-25-17-10-18-26-30/h7-26,36H,1-6H3. The maximum absolute atomic E-state index is 14.5. The van der Waals surface area contributed by atoms with Crippen LogP contribution in [0.15, 0.2) is 121 Å². The van der Waals surface area contributed by atoms with Crippen molar-refractivity contribution < 1.29 is 13.0 Å². The molecule has 0 unspecified atom stereocenters. The third kappa shape index (κ3) is 5.31. The highest BCUT2D eigenvalue weighted by Crippen LogP contribution is 2.47. The second-order valence-electron chi connectivity index (χ2n) is 11.8. The van der Waals surface area contributed by atoms with Gasteiger partial charge in [0.1, 0.15) is 0 Å². The molecule has 0 bridgehead atoms. The van der Waals surface area contributed by atoms with Crippen LogP contribution in [0.5, 0.6) is 0 Å². The molecule has 6 heteroatoms. The van der Waals surface area contributed by atoms with Crippen LogP contribution in [0.2, 0.25) is 10.1 Å². The van der Waals surface area contributed by atoms with Crippen molar-refractivity contribution >= 4 is 45.6 Å². The summed E-state index contributed by atoms with van der Waals surface area (Å²) in [6.45, 7) is 13.1. The summed E-state index contributed by atoms with van der Waals surface area (Å²) in [7, 11) is -9.07. The van der Waals surface area contributed by atoms with Crippen molar-refractivity contribution in [2.45, 2.75) is 51.6 Å². The molecule has 0 aliphatic carbocycles. The van der Waals surface area contributed by atoms with Gasteiger partial charge < -0.3 is 8.43 Å². The molecular weight excluding hydrogens is 519 g/mol. The average molecular weight is 559 g/mol. The van der Waals surface area contributed by atoms with Crippen LogP contribution in [0.1, 0.15) is 41.5 Å². The SMILES string of the molecule is CC(C)(C)[Si](O[PH](=O)O[Si](c1ccccc1)(c1ccccc1)C(C)(C)C)(c1ccccc1)c1ccccc1. The summed E-state index contributed by atoms with van der Waals surface area (Å²) in [5.74, 6) is 0. The van der Waals surface area contributed by atoms with Gasteiger partial charge in [-0.1, -0.05) is 163 Å². The molecule has 38 heavy (non-hydrogen) atoms. The van der Waals surface area contributed by atoms with E-state index in [2.05, 4.69) is 90.1 Å². The van der Waals surface area contributed by atoms with E-state index in [9.17, 15) is 4.57 Å². The van der Waals surface area contributed by atoms with E-state index in [-0.39, 0.29) is 10.1 Å². The van der Waals surface area contributed by atoms with E-state index >= 15 is 0 Å². The molecule has 0 N–H and O–H groups in total. The van der Waals surface area contributed by atoms with Crippen LogP contribution in [0.4, 0.5) is 0 Å². The van der Waals surface area contributed by atoms with Gasteiger partial charge in [0.25, 0.3) is 16.6 Å². The van der Waals surface area contributed by atoms with E-state index in [0.717, 1.165) is 20.7 Å². The summed E-state index contributed by atoms with van der Waals surface area (Å²) < 4.78 is 28.4. The highest BCUT2D eigenvalue weighted by molar-refractivity contribution is 7.40. The lowest BCUT2D eigenvalue weighted by molar-refractivity contribution is 0.394. The van der Waals surface area contributed by atoms with Crippen LogP contribution in [0, 0.1) is 0 Å². The monoisotopic (exact) mass is 558 g/mol. The van der Waals surface area contributed by atoms with Crippen molar-refractivity contribution in [3.63, 3.8) is 0 Å². The molecule has 0 radical (unpaired) electrons. The zero-order valence-corrected chi connectivity index (χ0v) is 26.3. The van der Waals surface area contributed by atoms with Crippen LogP contribution in [0.3, 0.4) is 0 Å². The van der Waals surface area contributed by atoms with Gasteiger partial charge in [0.2, 0.25) is 0 Å². The Bertz CT molecular complexity index is 1150. The van der Waals surface area contributed by atoms with Gasteiger partial charge >= 0.3 is 8.25 Å². The van der Waals surface area contributed by atoms with Crippen molar-refractivity contribution in [1.29, 1.82) is 0 Å². The summed E-state index contributed by atoms with van der Waals surface area (Å²) in [5, 5.41) is 3.74. The minimum absolute atomic E-state index is 0.301. The van der Waals surface area contributed by atoms with Gasteiger partial charge in [0, 0.05) is 0 Å². The number of hydrogen-bond acceptors (Lipinski definition) is 3. The lowest BCUT2D eigenvalue weighted by atomic mass is 10.2. The molecular formula is C32H39O3PSi2. The Morgan fingerprint density at radius 3 is 0.842 bits per heavy atom. The molecule has 0 saturated heterocycles. The van der Waals surface area contributed by atoms with Crippen molar-refractivity contribution in [3.05, 3.63) is 121 Å². The minimum Gasteiger partial charge on any atom is -0.343 e. The predicted molar refractivity (Wildman–Crippen MR) is 166 cm³/mol. The third-order valence-corrected chi connectivity index (χ3v) is 19.9. The van der Waals surface area contributed by atoms with E-state index < -0.39 is 24.9 Å². The van der Waals surface area contributed by atoms with E-state index in [4.69, 9.17) is 8.43 Å². The fraction of sp³-hybridized carbons (Fsp3) is 0.250. The molecule has 3 nitrogen and oxygen atoms in total. The first kappa shape index (κ1) is 28.5. The molecule has 4 rings (SSSR count). The van der Waals surface area contributed by atoms with E-state index in [1.54, 1.807) is 0 Å². The van der Waals surface area contributed by atoms with Gasteiger partial charge in [-0.2, -0.15) is 0 Å². The Kier molecular flexibility index (Phi) is 8.46. The Hall–Kier alpha value is -2.54. The Morgan fingerprint density at radius 2 is 0.658 bits per heavy atom. The van der Waals surface area contributed by atoms with Crippen molar-refractivity contribution in [2.24, 2.45) is 0 Å². The highest BCUT2D eigenvalue weighted by atomic mass is 31.1. The third-order valence-electron chi connectivity index (χ3n) is 7.31. The van der Waals surface area contributed by atoms with E-state index in [1.807, 2.05) is 72.8 Å². The lowest BCUT2D eigenvalue weighted by Gasteiger charge is -2.45. The van der Waals surface area contributed by atoms with Gasteiger partial charge in [-0.15, -0.1) is 0 Å². The summed E-state index contributed by atoms with van der Waals surface area (Å²) >= 11 is 0. The zero-order chi connectivity index (χ0) is 27.4. The fourth-order valence-electron chi connectivity index (χ4n) is 5.57. The number of benzene rings is 4. The van der Waals surface area contributed by atoms with E-state index in [1.165, 1.54) is 0 Å². The second-order valence-corrected chi connectivity index (χ2v) is 21.9. The zero-order valence-electron chi connectivity index (χ0n) is 23.3. The maximum atomic E-state index is 14.5. The molecule has 0 heterocycles. The van der Waals surface area contributed by atoms with Gasteiger partial charge in [-0.3, -0.25) is 4.57 Å². The Labute approximate surface area is 231 Å². The molecule has 0 aliphatic heterocycles. The quantitative estimate of drug-likeness (QED) is 0.182. The van der Waals surface area contributed by atoms with Gasteiger partial charge in [-0.05, 0) is 30.8 Å². The van der Waals surface area contributed by atoms with Gasteiger partial charge in [0.05, 0.1) is 0 Å². The number of rotatable bonds is 8. The molecule has 0 saturated carbocycles. The smallest absolute Gasteiger partial charge is 0.301 e. The summed E-state index contributed by atoms with van der Waals surface area (Å²) in [6, 6.07) is 41.3. The molecule has 0 aliphatic rings. The fourth-order valence-corrected chi connectivity index (χ4v) is 19.2. The first-order valence-electron chi connectivity index (χ1n) is 13.2. The largest absolute Gasteiger partial charge is 0.343 e. The minimum atomic E-state index is -3.04. The van der Waals surface area contributed by atoms with E-state index in [0.29, 0.717) is 0 Å². The highest BCUT2D eigenvalue weighted by Gasteiger charge is 2.55. The summed E-state index contributed by atoms with van der Waals surface area (Å²) in [6.07, 6.45) is 0. The molecule has 0 amide bonds. The van der Waals surface area contributed by atoms with Crippen LogP contribution in [0.25, 0.3) is 0 Å². The van der Waals surface area contributed by atoms with Crippen molar-refractivity contribution in [3.8, 4) is 0 Å². The van der Waals surface area contributed by atoms with Gasteiger partial charge in [-0.25, -0.2) is 0 Å². The van der Waals surface area contributed by atoms with Crippen LogP contribution in [-0.4, -0.2) is 16.6 Å². The lowest BCUT2D eigenvalue weighted by Crippen LogP contribution is -2.67. The van der Waals surface area contributed by atoms with Crippen LogP contribution >= 0.6 is 8.25 Å². The normalized spacial score (nSPS) is 13.0. The van der Waals surface area contributed by atoms with Crippen LogP contribution in [-0.2, 0) is 13.0 Å². The second kappa shape index (κ2) is 11.3. The molecule has 0 spiro atoms. The first-order chi connectivity index (χ1) is 18.0. The topological polar surface area (TPSA) is 35.5 Å². The molecule has 198 valence electrons. The van der Waals surface area contributed by atoms with Crippen molar-refractivity contribution in [1.82, 2.24) is 0 Å². The number of hydrogen-bond donors (Lipinski definition) is 0. The average Bonchev–Trinajstić information content (AvgIpc) is 2.91. The van der Waals surface area contributed by atoms with Crippen molar-refractivity contribution in [2.75, 3.05) is 0 Å². The molecule has 0 fully saturated rings.